The average Bonchev–Trinajstić information content (AvgIpc) is 2.58. The van der Waals surface area contributed by atoms with Crippen molar-refractivity contribution in [1.29, 1.82) is 0 Å². The normalized spacial score (nSPS) is 16.9. The number of hydrogen-bond donors (Lipinski definition) is 4. The molecular weight excluding hydrogens is 385 g/mol. The summed E-state index contributed by atoms with van der Waals surface area (Å²) >= 11 is 0. The van der Waals surface area contributed by atoms with Crippen molar-refractivity contribution in [2.75, 3.05) is 17.8 Å². The van der Waals surface area contributed by atoms with Gasteiger partial charge in [-0.3, -0.25) is 9.52 Å². The molecule has 1 heterocycles. The van der Waals surface area contributed by atoms with E-state index in [1.54, 1.807) is 12.1 Å². The Balaban J connectivity index is 1.97. The number of carbonyl (C=O) groups is 1. The minimum Gasteiger partial charge on any atom is -0.481 e. The van der Waals surface area contributed by atoms with Gasteiger partial charge in [0.05, 0.1) is 17.6 Å². The molecule has 0 aliphatic carbocycles. The van der Waals surface area contributed by atoms with E-state index in [0.717, 1.165) is 18.4 Å². The monoisotopic (exact) mass is 415 g/mol. The fourth-order valence-corrected chi connectivity index (χ4v) is 4.65. The Hall–Kier alpha value is -1.71. The van der Waals surface area contributed by atoms with Crippen molar-refractivity contribution in [3.05, 3.63) is 29.8 Å². The molecule has 0 radical (unpaired) electrons. The van der Waals surface area contributed by atoms with E-state index < -0.39 is 27.9 Å². The second kappa shape index (κ2) is 10.2. The molecular formula is C19H30FN3O4S. The Morgan fingerprint density at radius 1 is 1.29 bits per heavy atom. The lowest BCUT2D eigenvalue weighted by molar-refractivity contribution is -0.139. The molecule has 1 atom stereocenters. The molecule has 1 aliphatic heterocycles. The number of hydrogen-bond acceptors (Lipinski definition) is 4. The lowest BCUT2D eigenvalue weighted by Gasteiger charge is -2.41. The highest BCUT2D eigenvalue weighted by atomic mass is 32.2. The summed E-state index contributed by atoms with van der Waals surface area (Å²) in [5, 5.41) is 11.9. The maximum Gasteiger partial charge on any atom is 0.305 e. The van der Waals surface area contributed by atoms with E-state index in [-0.39, 0.29) is 19.5 Å². The first kappa shape index (κ1) is 22.6. The molecule has 0 spiro atoms. The summed E-state index contributed by atoms with van der Waals surface area (Å²) in [6.45, 7) is 2.55. The molecule has 1 aromatic rings. The van der Waals surface area contributed by atoms with Gasteiger partial charge in [-0.15, -0.1) is 0 Å². The molecule has 1 fully saturated rings. The zero-order chi connectivity index (χ0) is 20.6. The van der Waals surface area contributed by atoms with Gasteiger partial charge in [0.15, 0.2) is 0 Å². The maximum absolute atomic E-state index is 13.8. The molecule has 0 amide bonds. The summed E-state index contributed by atoms with van der Waals surface area (Å²) in [6, 6.07) is 7.00. The van der Waals surface area contributed by atoms with Crippen LogP contribution in [-0.2, 0) is 21.4 Å². The summed E-state index contributed by atoms with van der Waals surface area (Å²) < 4.78 is 43.9. The summed E-state index contributed by atoms with van der Waals surface area (Å²) in [7, 11) is -3.95. The van der Waals surface area contributed by atoms with Crippen molar-refractivity contribution in [1.82, 2.24) is 10.0 Å². The number of alkyl halides is 1. The first-order chi connectivity index (χ1) is 13.3. The van der Waals surface area contributed by atoms with Crippen LogP contribution < -0.4 is 14.8 Å². The average molecular weight is 416 g/mol. The van der Waals surface area contributed by atoms with Gasteiger partial charge in [-0.25, -0.2) is 4.39 Å². The highest BCUT2D eigenvalue weighted by Crippen LogP contribution is 2.22. The van der Waals surface area contributed by atoms with Crippen LogP contribution in [0.3, 0.4) is 0 Å². The lowest BCUT2D eigenvalue weighted by Crippen LogP contribution is -2.70. The van der Waals surface area contributed by atoms with Gasteiger partial charge in [0, 0.05) is 13.1 Å². The Bertz CT molecular complexity index is 753. The zero-order valence-electron chi connectivity index (χ0n) is 16.2. The first-order valence-electron chi connectivity index (χ1n) is 9.71. The van der Waals surface area contributed by atoms with Gasteiger partial charge in [0.1, 0.15) is 6.17 Å². The third-order valence-electron chi connectivity index (χ3n) is 4.86. The number of rotatable bonds is 13. The maximum atomic E-state index is 13.8. The molecule has 4 N–H and O–H groups in total. The number of aryl methyl sites for hydroxylation is 1. The van der Waals surface area contributed by atoms with E-state index >= 15 is 0 Å². The van der Waals surface area contributed by atoms with Crippen molar-refractivity contribution in [3.8, 4) is 0 Å². The van der Waals surface area contributed by atoms with Gasteiger partial charge in [0.2, 0.25) is 0 Å². The Labute approximate surface area is 166 Å². The van der Waals surface area contributed by atoms with Crippen molar-refractivity contribution >= 4 is 21.9 Å². The Morgan fingerprint density at radius 3 is 2.57 bits per heavy atom. The molecule has 0 saturated carbocycles. The van der Waals surface area contributed by atoms with Crippen LogP contribution in [0.4, 0.5) is 10.1 Å². The quantitative estimate of drug-likeness (QED) is 0.396. The van der Waals surface area contributed by atoms with Crippen LogP contribution in [0.1, 0.15) is 51.0 Å². The van der Waals surface area contributed by atoms with Crippen LogP contribution in [-0.4, -0.2) is 44.3 Å². The number of halogens is 1. The zero-order valence-corrected chi connectivity index (χ0v) is 17.0. The van der Waals surface area contributed by atoms with Gasteiger partial charge < -0.3 is 10.4 Å². The smallest absolute Gasteiger partial charge is 0.305 e. The van der Waals surface area contributed by atoms with E-state index in [0.29, 0.717) is 31.4 Å². The third kappa shape index (κ3) is 7.03. The van der Waals surface area contributed by atoms with Gasteiger partial charge in [0.25, 0.3) is 10.2 Å². The topological polar surface area (TPSA) is 108 Å². The van der Waals surface area contributed by atoms with E-state index in [2.05, 4.69) is 14.8 Å². The number of carboxylic acids is 1. The summed E-state index contributed by atoms with van der Waals surface area (Å²) in [5.74, 6) is -1.06. The summed E-state index contributed by atoms with van der Waals surface area (Å²) in [6.07, 6.45) is 2.93. The van der Waals surface area contributed by atoms with Crippen molar-refractivity contribution < 1.29 is 22.7 Å². The molecule has 1 saturated heterocycles. The molecule has 1 aliphatic rings. The molecule has 9 heteroatoms. The Morgan fingerprint density at radius 2 is 1.96 bits per heavy atom. The van der Waals surface area contributed by atoms with Crippen molar-refractivity contribution in [3.63, 3.8) is 0 Å². The minimum atomic E-state index is -3.95. The SMILES string of the molecule is CCCCC(F)CCCc1ccccc1NS(=O)(=O)NC1(CC(=O)O)CNC1. The van der Waals surface area contributed by atoms with Crippen LogP contribution in [0.5, 0.6) is 0 Å². The number of para-hydroxylation sites is 1. The van der Waals surface area contributed by atoms with E-state index in [9.17, 15) is 17.6 Å². The number of unbranched alkanes of at least 4 members (excludes halogenated alkanes) is 1. The van der Waals surface area contributed by atoms with Crippen molar-refractivity contribution in [2.45, 2.75) is 63.6 Å². The molecule has 158 valence electrons. The summed E-state index contributed by atoms with van der Waals surface area (Å²) in [5.41, 5.74) is 0.194. The van der Waals surface area contributed by atoms with Crippen LogP contribution in [0, 0.1) is 0 Å². The summed E-state index contributed by atoms with van der Waals surface area (Å²) in [4.78, 5) is 11.0. The predicted octanol–water partition coefficient (Wildman–Crippen LogP) is 2.60. The minimum absolute atomic E-state index is 0.261. The third-order valence-corrected chi connectivity index (χ3v) is 6.05. The molecule has 0 bridgehead atoms. The second-order valence-electron chi connectivity index (χ2n) is 7.45. The second-order valence-corrected chi connectivity index (χ2v) is 8.87. The number of carboxylic acid groups (broad SMARTS) is 1. The highest BCUT2D eigenvalue weighted by molar-refractivity contribution is 7.90. The standard InChI is InChI=1S/C19H30FN3O4S/c1-2-3-9-16(20)10-6-8-15-7-4-5-11-17(15)22-28(26,27)23-19(12-18(24)25)13-21-14-19/h4-5,7,11,16,21-23H,2-3,6,8-10,12-14H2,1H3,(H,24,25). The number of nitrogens with one attached hydrogen (secondary N) is 3. The lowest BCUT2D eigenvalue weighted by atomic mass is 9.90. The molecule has 2 rings (SSSR count). The van der Waals surface area contributed by atoms with Gasteiger partial charge in [-0.1, -0.05) is 38.0 Å². The van der Waals surface area contributed by atoms with Crippen LogP contribution in [0.15, 0.2) is 24.3 Å². The van der Waals surface area contributed by atoms with E-state index in [1.165, 1.54) is 0 Å². The fraction of sp³-hybridized carbons (Fsp3) is 0.632. The molecule has 0 aromatic heterocycles. The van der Waals surface area contributed by atoms with E-state index in [4.69, 9.17) is 5.11 Å². The van der Waals surface area contributed by atoms with Crippen LogP contribution in [0.2, 0.25) is 0 Å². The largest absolute Gasteiger partial charge is 0.481 e. The van der Waals surface area contributed by atoms with Crippen molar-refractivity contribution in [2.24, 2.45) is 0 Å². The number of anilines is 1. The predicted molar refractivity (Wildman–Crippen MR) is 107 cm³/mol. The van der Waals surface area contributed by atoms with E-state index in [1.807, 2.05) is 19.1 Å². The van der Waals surface area contributed by atoms with Gasteiger partial charge in [-0.2, -0.15) is 13.1 Å². The highest BCUT2D eigenvalue weighted by Gasteiger charge is 2.42. The van der Waals surface area contributed by atoms with Crippen LogP contribution in [0.25, 0.3) is 0 Å². The molecule has 7 nitrogen and oxygen atoms in total. The Kier molecular flexibility index (Phi) is 8.21. The fourth-order valence-electron chi connectivity index (χ4n) is 3.33. The molecule has 28 heavy (non-hydrogen) atoms. The van der Waals surface area contributed by atoms with Crippen LogP contribution >= 0.6 is 0 Å². The molecule has 1 aromatic carbocycles. The molecule has 1 unspecified atom stereocenters. The van der Waals surface area contributed by atoms with Gasteiger partial charge >= 0.3 is 5.97 Å². The number of benzene rings is 1. The number of aliphatic carboxylic acids is 1. The first-order valence-corrected chi connectivity index (χ1v) is 11.2. The van der Waals surface area contributed by atoms with Gasteiger partial charge in [-0.05, 0) is 37.3 Å².